The Morgan fingerprint density at radius 1 is 1.24 bits per heavy atom. The van der Waals surface area contributed by atoms with Gasteiger partial charge in [0.05, 0.1) is 17.2 Å². The first-order chi connectivity index (χ1) is 12.1. The highest BCUT2D eigenvalue weighted by Crippen LogP contribution is 2.25. The van der Waals surface area contributed by atoms with Crippen molar-refractivity contribution < 1.29 is 9.59 Å². The molecule has 1 saturated heterocycles. The van der Waals surface area contributed by atoms with Crippen molar-refractivity contribution in [3.63, 3.8) is 0 Å². The third-order valence-corrected chi connectivity index (χ3v) is 4.58. The van der Waals surface area contributed by atoms with Gasteiger partial charge in [-0.15, -0.1) is 0 Å². The van der Waals surface area contributed by atoms with Crippen LogP contribution in [0.5, 0.6) is 0 Å². The van der Waals surface area contributed by atoms with E-state index in [0.29, 0.717) is 29.4 Å². The molecule has 126 valence electrons. The van der Waals surface area contributed by atoms with Crippen LogP contribution in [-0.4, -0.2) is 23.3 Å². The molecule has 0 saturated carbocycles. The van der Waals surface area contributed by atoms with Crippen LogP contribution in [-0.2, 0) is 16.1 Å². The lowest BCUT2D eigenvalue weighted by atomic mass is 10.1. The van der Waals surface area contributed by atoms with Crippen LogP contribution in [0.3, 0.4) is 0 Å². The molecule has 1 atom stereocenters. The number of likely N-dealkylation sites (tertiary alicyclic amines) is 1. The van der Waals surface area contributed by atoms with Gasteiger partial charge in [0.25, 0.3) is 0 Å². The predicted octanol–water partition coefficient (Wildman–Crippen LogP) is 3.20. The van der Waals surface area contributed by atoms with Gasteiger partial charge in [-0.25, -0.2) is 0 Å². The lowest BCUT2D eigenvalue weighted by Crippen LogP contribution is -2.28. The molecule has 0 spiro atoms. The SMILES string of the molecule is N#Cc1ccccc1NC(=O)C1CC(=O)N(Cc2ccccc2Cl)C1. The van der Waals surface area contributed by atoms with E-state index in [9.17, 15) is 9.59 Å². The molecule has 5 nitrogen and oxygen atoms in total. The number of nitrogens with one attached hydrogen (secondary N) is 1. The highest BCUT2D eigenvalue weighted by atomic mass is 35.5. The predicted molar refractivity (Wildman–Crippen MR) is 94.8 cm³/mol. The molecule has 6 heteroatoms. The largest absolute Gasteiger partial charge is 0.337 e. The summed E-state index contributed by atoms with van der Waals surface area (Å²) >= 11 is 6.14. The maximum absolute atomic E-state index is 12.5. The van der Waals surface area contributed by atoms with Gasteiger partial charge in [-0.3, -0.25) is 9.59 Å². The molecule has 3 rings (SSSR count). The molecule has 0 bridgehead atoms. The Hall–Kier alpha value is -2.84. The van der Waals surface area contributed by atoms with Crippen LogP contribution < -0.4 is 5.32 Å². The summed E-state index contributed by atoms with van der Waals surface area (Å²) in [4.78, 5) is 26.3. The zero-order valence-corrected chi connectivity index (χ0v) is 14.2. The number of anilines is 1. The summed E-state index contributed by atoms with van der Waals surface area (Å²) in [5, 5.41) is 12.5. The molecule has 2 amide bonds. The van der Waals surface area contributed by atoms with Gasteiger partial charge < -0.3 is 10.2 Å². The van der Waals surface area contributed by atoms with Crippen molar-refractivity contribution in [2.24, 2.45) is 5.92 Å². The fourth-order valence-electron chi connectivity index (χ4n) is 2.86. The first-order valence-corrected chi connectivity index (χ1v) is 8.27. The van der Waals surface area contributed by atoms with E-state index in [2.05, 4.69) is 5.32 Å². The summed E-state index contributed by atoms with van der Waals surface area (Å²) in [6.45, 7) is 0.724. The molecule has 1 aliphatic heterocycles. The number of amides is 2. The number of benzene rings is 2. The normalized spacial score (nSPS) is 16.6. The van der Waals surface area contributed by atoms with Crippen LogP contribution in [0.15, 0.2) is 48.5 Å². The minimum absolute atomic E-state index is 0.0753. The number of nitrogens with zero attached hydrogens (tertiary/aromatic N) is 2. The molecule has 1 unspecified atom stereocenters. The minimum Gasteiger partial charge on any atom is -0.337 e. The van der Waals surface area contributed by atoms with Gasteiger partial charge in [-0.05, 0) is 23.8 Å². The average Bonchev–Trinajstić information content (AvgIpc) is 2.98. The van der Waals surface area contributed by atoms with E-state index in [1.54, 1.807) is 35.2 Å². The number of rotatable bonds is 4. The van der Waals surface area contributed by atoms with E-state index < -0.39 is 5.92 Å². The van der Waals surface area contributed by atoms with Crippen molar-refractivity contribution in [1.29, 1.82) is 5.26 Å². The maximum atomic E-state index is 12.5. The van der Waals surface area contributed by atoms with Crippen LogP contribution in [0, 0.1) is 17.2 Å². The Labute approximate surface area is 150 Å². The number of halogens is 1. The molecule has 1 N–H and O–H groups in total. The molecule has 0 radical (unpaired) electrons. The molecule has 1 heterocycles. The number of hydrogen-bond donors (Lipinski definition) is 1. The van der Waals surface area contributed by atoms with Crippen molar-refractivity contribution in [2.45, 2.75) is 13.0 Å². The smallest absolute Gasteiger partial charge is 0.229 e. The highest BCUT2D eigenvalue weighted by Gasteiger charge is 2.34. The Kier molecular flexibility index (Phi) is 5.01. The van der Waals surface area contributed by atoms with E-state index in [0.717, 1.165) is 5.56 Å². The van der Waals surface area contributed by atoms with Crippen molar-refractivity contribution in [1.82, 2.24) is 4.90 Å². The van der Waals surface area contributed by atoms with E-state index in [1.807, 2.05) is 24.3 Å². The Bertz CT molecular complexity index is 860. The molecule has 1 aliphatic rings. The second-order valence-electron chi connectivity index (χ2n) is 5.91. The van der Waals surface area contributed by atoms with Crippen LogP contribution in [0.1, 0.15) is 17.5 Å². The summed E-state index contributed by atoms with van der Waals surface area (Å²) < 4.78 is 0. The lowest BCUT2D eigenvalue weighted by Gasteiger charge is -2.17. The summed E-state index contributed by atoms with van der Waals surface area (Å²) in [6.07, 6.45) is 0.158. The number of hydrogen-bond acceptors (Lipinski definition) is 3. The number of nitriles is 1. The third-order valence-electron chi connectivity index (χ3n) is 4.21. The van der Waals surface area contributed by atoms with Gasteiger partial charge in [0, 0.05) is 24.5 Å². The Morgan fingerprint density at radius 3 is 2.72 bits per heavy atom. The molecular formula is C19H16ClN3O2. The van der Waals surface area contributed by atoms with Crippen LogP contribution in [0.4, 0.5) is 5.69 Å². The molecular weight excluding hydrogens is 338 g/mol. The van der Waals surface area contributed by atoms with Gasteiger partial charge in [-0.2, -0.15) is 5.26 Å². The summed E-state index contributed by atoms with van der Waals surface area (Å²) in [5.41, 5.74) is 1.72. The zero-order valence-electron chi connectivity index (χ0n) is 13.4. The maximum Gasteiger partial charge on any atom is 0.229 e. The highest BCUT2D eigenvalue weighted by molar-refractivity contribution is 6.31. The number of carbonyl (C=O) groups excluding carboxylic acids is 2. The fraction of sp³-hybridized carbons (Fsp3) is 0.211. The molecule has 0 aliphatic carbocycles. The zero-order chi connectivity index (χ0) is 17.8. The number of carbonyl (C=O) groups is 2. The Balaban J connectivity index is 1.67. The van der Waals surface area contributed by atoms with Gasteiger partial charge in [0.1, 0.15) is 6.07 Å². The van der Waals surface area contributed by atoms with Gasteiger partial charge >= 0.3 is 0 Å². The average molecular weight is 354 g/mol. The van der Waals surface area contributed by atoms with E-state index in [4.69, 9.17) is 16.9 Å². The molecule has 1 fully saturated rings. The molecule has 2 aromatic carbocycles. The van der Waals surface area contributed by atoms with Crippen molar-refractivity contribution in [3.05, 3.63) is 64.7 Å². The van der Waals surface area contributed by atoms with E-state index in [-0.39, 0.29) is 18.2 Å². The first-order valence-electron chi connectivity index (χ1n) is 7.89. The number of para-hydroxylation sites is 1. The second kappa shape index (κ2) is 7.37. The quantitative estimate of drug-likeness (QED) is 0.917. The van der Waals surface area contributed by atoms with Crippen LogP contribution >= 0.6 is 11.6 Å². The van der Waals surface area contributed by atoms with Crippen LogP contribution in [0.2, 0.25) is 5.02 Å². The summed E-state index contributed by atoms with van der Waals surface area (Å²) in [5.74, 6) is -0.770. The Morgan fingerprint density at radius 2 is 1.96 bits per heavy atom. The van der Waals surface area contributed by atoms with E-state index >= 15 is 0 Å². The summed E-state index contributed by atoms with van der Waals surface area (Å²) in [7, 11) is 0. The van der Waals surface area contributed by atoms with Gasteiger partial charge in [0.15, 0.2) is 0 Å². The lowest BCUT2D eigenvalue weighted by molar-refractivity contribution is -0.128. The monoisotopic (exact) mass is 353 g/mol. The molecule has 0 aromatic heterocycles. The van der Waals surface area contributed by atoms with Crippen molar-refractivity contribution >= 4 is 29.1 Å². The second-order valence-corrected chi connectivity index (χ2v) is 6.32. The van der Waals surface area contributed by atoms with Crippen molar-refractivity contribution in [3.8, 4) is 6.07 Å². The summed E-state index contributed by atoms with van der Waals surface area (Å²) in [6, 6.07) is 16.2. The minimum atomic E-state index is -0.443. The van der Waals surface area contributed by atoms with Gasteiger partial charge in [-0.1, -0.05) is 41.9 Å². The third kappa shape index (κ3) is 3.81. The first kappa shape index (κ1) is 17.0. The fourth-order valence-corrected chi connectivity index (χ4v) is 3.05. The van der Waals surface area contributed by atoms with E-state index in [1.165, 1.54) is 0 Å². The standard InChI is InChI=1S/C19H16ClN3O2/c20-16-7-3-1-6-14(16)11-23-12-15(9-18(23)24)19(25)22-17-8-4-2-5-13(17)10-21/h1-8,15H,9,11-12H2,(H,22,25). The molecule has 2 aromatic rings. The topological polar surface area (TPSA) is 73.2 Å². The van der Waals surface area contributed by atoms with Crippen molar-refractivity contribution in [2.75, 3.05) is 11.9 Å². The van der Waals surface area contributed by atoms with Gasteiger partial charge in [0.2, 0.25) is 11.8 Å². The molecule has 25 heavy (non-hydrogen) atoms. The van der Waals surface area contributed by atoms with Crippen LogP contribution in [0.25, 0.3) is 0 Å².